The largest absolute Gasteiger partial charge is 0.400 e. The van der Waals surface area contributed by atoms with Crippen LogP contribution in [0.1, 0.15) is 40.5 Å². The summed E-state index contributed by atoms with van der Waals surface area (Å²) in [6, 6.07) is 0. The van der Waals surface area contributed by atoms with Gasteiger partial charge in [0.15, 0.2) is 0 Å². The number of thioether (sulfide) groups is 1. The molecule has 0 saturated carbocycles. The Morgan fingerprint density at radius 2 is 1.50 bits per heavy atom. The molecule has 0 unspecified atom stereocenters. The van der Waals surface area contributed by atoms with Gasteiger partial charge in [-0.1, -0.05) is 27.7 Å². The van der Waals surface area contributed by atoms with Gasteiger partial charge in [0, 0.05) is 0 Å². The maximum absolute atomic E-state index is 12.5. The molecule has 4 heteroatoms. The van der Waals surface area contributed by atoms with E-state index < -0.39 is 11.4 Å². The Balaban J connectivity index is 4.12. The third-order valence-electron chi connectivity index (χ3n) is 1.81. The Morgan fingerprint density at radius 3 is 1.79 bits per heavy atom. The summed E-state index contributed by atoms with van der Waals surface area (Å²) in [5.74, 6) is 0.340. The van der Waals surface area contributed by atoms with Gasteiger partial charge in [-0.2, -0.15) is 13.2 Å². The first-order valence-electron chi connectivity index (χ1n) is 4.95. The van der Waals surface area contributed by atoms with Crippen molar-refractivity contribution in [3.8, 4) is 0 Å². The van der Waals surface area contributed by atoms with Gasteiger partial charge in [0.25, 0.3) is 0 Å². The Bertz CT molecular complexity index is 152. The monoisotopic (exact) mass is 228 g/mol. The average molecular weight is 228 g/mol. The lowest BCUT2D eigenvalue weighted by atomic mass is 10.1. The molecule has 0 aromatic rings. The molecule has 0 radical (unpaired) electrons. The van der Waals surface area contributed by atoms with Crippen LogP contribution in [-0.4, -0.2) is 16.7 Å². The minimum Gasteiger partial charge on any atom is -0.170 e. The second kappa shape index (κ2) is 5.89. The molecule has 0 aromatic carbocycles. The van der Waals surface area contributed by atoms with Crippen LogP contribution in [0.25, 0.3) is 0 Å². The molecule has 0 spiro atoms. The van der Waals surface area contributed by atoms with Crippen molar-refractivity contribution >= 4 is 11.8 Å². The second-order valence-electron chi connectivity index (χ2n) is 4.19. The van der Waals surface area contributed by atoms with E-state index in [-0.39, 0.29) is 11.7 Å². The molecule has 14 heavy (non-hydrogen) atoms. The van der Waals surface area contributed by atoms with Crippen LogP contribution in [0.2, 0.25) is 0 Å². The molecule has 86 valence electrons. The van der Waals surface area contributed by atoms with E-state index in [9.17, 15) is 13.2 Å². The standard InChI is InChI=1S/C10H19F3S/c1-7(2)5-6-9(10(11,12)13)14-8(3)4/h7-9H,5-6H2,1-4H3/t9-/m0/s1. The van der Waals surface area contributed by atoms with Gasteiger partial charge in [-0.15, -0.1) is 11.8 Å². The molecule has 0 N–H and O–H groups in total. The number of rotatable bonds is 5. The summed E-state index contributed by atoms with van der Waals surface area (Å²) in [6.07, 6.45) is -3.17. The van der Waals surface area contributed by atoms with Crippen molar-refractivity contribution in [1.29, 1.82) is 0 Å². The van der Waals surface area contributed by atoms with Gasteiger partial charge in [0.2, 0.25) is 0 Å². The zero-order valence-electron chi connectivity index (χ0n) is 9.19. The van der Waals surface area contributed by atoms with Crippen LogP contribution in [0, 0.1) is 5.92 Å². The summed E-state index contributed by atoms with van der Waals surface area (Å²) in [5, 5.41) is -1.15. The van der Waals surface area contributed by atoms with Crippen LogP contribution >= 0.6 is 11.8 Å². The zero-order chi connectivity index (χ0) is 11.4. The molecule has 0 aliphatic rings. The molecule has 0 aromatic heterocycles. The summed E-state index contributed by atoms with van der Waals surface area (Å²) in [5.41, 5.74) is 0. The smallest absolute Gasteiger partial charge is 0.170 e. The van der Waals surface area contributed by atoms with E-state index in [0.29, 0.717) is 12.3 Å². The first-order valence-corrected chi connectivity index (χ1v) is 5.90. The molecule has 0 aliphatic heterocycles. The molecular weight excluding hydrogens is 209 g/mol. The van der Waals surface area contributed by atoms with E-state index in [0.717, 1.165) is 11.8 Å². The Labute approximate surface area is 88.6 Å². The highest BCUT2D eigenvalue weighted by atomic mass is 32.2. The fraction of sp³-hybridized carbons (Fsp3) is 1.00. The maximum atomic E-state index is 12.5. The van der Waals surface area contributed by atoms with Gasteiger partial charge >= 0.3 is 6.18 Å². The number of hydrogen-bond acceptors (Lipinski definition) is 1. The van der Waals surface area contributed by atoms with E-state index >= 15 is 0 Å². The van der Waals surface area contributed by atoms with E-state index in [2.05, 4.69) is 0 Å². The van der Waals surface area contributed by atoms with Crippen molar-refractivity contribution in [2.45, 2.75) is 57.2 Å². The second-order valence-corrected chi connectivity index (χ2v) is 5.97. The minimum atomic E-state index is -4.05. The van der Waals surface area contributed by atoms with Gasteiger partial charge < -0.3 is 0 Å². The molecule has 0 amide bonds. The lowest BCUT2D eigenvalue weighted by Crippen LogP contribution is -2.27. The summed E-state index contributed by atoms with van der Waals surface area (Å²) >= 11 is 1.02. The van der Waals surface area contributed by atoms with Crippen LogP contribution in [-0.2, 0) is 0 Å². The summed E-state index contributed by atoms with van der Waals surface area (Å²) < 4.78 is 37.5. The van der Waals surface area contributed by atoms with Crippen molar-refractivity contribution in [2.75, 3.05) is 0 Å². The third-order valence-corrected chi connectivity index (χ3v) is 3.18. The highest BCUT2D eigenvalue weighted by molar-refractivity contribution is 8.00. The lowest BCUT2D eigenvalue weighted by molar-refractivity contribution is -0.130. The van der Waals surface area contributed by atoms with Gasteiger partial charge in [0.1, 0.15) is 5.25 Å². The van der Waals surface area contributed by atoms with E-state index in [1.54, 1.807) is 13.8 Å². The molecular formula is C10H19F3S. The number of alkyl halides is 3. The highest BCUT2D eigenvalue weighted by Crippen LogP contribution is 2.36. The fourth-order valence-corrected chi connectivity index (χ4v) is 2.21. The van der Waals surface area contributed by atoms with E-state index in [1.165, 1.54) is 0 Å². The molecule has 0 bridgehead atoms. The van der Waals surface area contributed by atoms with Crippen LogP contribution in [0.3, 0.4) is 0 Å². The lowest BCUT2D eigenvalue weighted by Gasteiger charge is -2.22. The van der Waals surface area contributed by atoms with Gasteiger partial charge in [-0.05, 0) is 24.0 Å². The van der Waals surface area contributed by atoms with Gasteiger partial charge in [-0.3, -0.25) is 0 Å². The van der Waals surface area contributed by atoms with Crippen LogP contribution in [0.15, 0.2) is 0 Å². The summed E-state index contributed by atoms with van der Waals surface area (Å²) in [7, 11) is 0. The number of hydrogen-bond donors (Lipinski definition) is 0. The molecule has 0 aliphatic carbocycles. The first-order chi connectivity index (χ1) is 6.23. The van der Waals surface area contributed by atoms with Crippen molar-refractivity contribution in [1.82, 2.24) is 0 Å². The Kier molecular flexibility index (Phi) is 5.94. The van der Waals surface area contributed by atoms with Crippen LogP contribution < -0.4 is 0 Å². The van der Waals surface area contributed by atoms with Gasteiger partial charge in [0.05, 0.1) is 0 Å². The Hall–Kier alpha value is 0.140. The Morgan fingerprint density at radius 1 is 1.00 bits per heavy atom. The quantitative estimate of drug-likeness (QED) is 0.668. The zero-order valence-corrected chi connectivity index (χ0v) is 10.0. The summed E-state index contributed by atoms with van der Waals surface area (Å²) in [6.45, 7) is 7.51. The highest BCUT2D eigenvalue weighted by Gasteiger charge is 2.39. The van der Waals surface area contributed by atoms with Crippen molar-refractivity contribution in [3.63, 3.8) is 0 Å². The fourth-order valence-electron chi connectivity index (χ4n) is 1.12. The molecule has 0 heterocycles. The average Bonchev–Trinajstić information content (AvgIpc) is 1.94. The van der Waals surface area contributed by atoms with E-state index in [4.69, 9.17) is 0 Å². The SMILES string of the molecule is CC(C)CC[C@H](SC(C)C)C(F)(F)F. The van der Waals surface area contributed by atoms with Crippen LogP contribution in [0.5, 0.6) is 0 Å². The maximum Gasteiger partial charge on any atom is 0.400 e. The number of halogens is 3. The molecule has 1 atom stereocenters. The minimum absolute atomic E-state index is 0.0359. The normalized spacial score (nSPS) is 15.2. The molecule has 0 saturated heterocycles. The van der Waals surface area contributed by atoms with E-state index in [1.807, 2.05) is 13.8 Å². The predicted octanol–water partition coefficient (Wildman–Crippen LogP) is 4.50. The van der Waals surface area contributed by atoms with Crippen molar-refractivity contribution in [2.24, 2.45) is 5.92 Å². The predicted molar refractivity (Wildman–Crippen MR) is 56.6 cm³/mol. The van der Waals surface area contributed by atoms with Crippen molar-refractivity contribution in [3.05, 3.63) is 0 Å². The van der Waals surface area contributed by atoms with Crippen LogP contribution in [0.4, 0.5) is 13.2 Å². The van der Waals surface area contributed by atoms with Crippen molar-refractivity contribution < 1.29 is 13.2 Å². The third kappa shape index (κ3) is 6.57. The molecule has 0 nitrogen and oxygen atoms in total. The topological polar surface area (TPSA) is 0 Å². The summed E-state index contributed by atoms with van der Waals surface area (Å²) in [4.78, 5) is 0. The first kappa shape index (κ1) is 14.1. The molecule has 0 fully saturated rings. The molecule has 0 rings (SSSR count). The van der Waals surface area contributed by atoms with Gasteiger partial charge in [-0.25, -0.2) is 0 Å².